The number of nitrogens with zero attached hydrogens (tertiary/aromatic N) is 2. The number of rotatable bonds is 14. The van der Waals surface area contributed by atoms with Crippen LogP contribution in [0.3, 0.4) is 0 Å². The summed E-state index contributed by atoms with van der Waals surface area (Å²) in [7, 11) is 6.34. The molecule has 0 saturated heterocycles. The molecular weight excluding hydrogens is 504 g/mol. The molecule has 0 aliphatic carbocycles. The van der Waals surface area contributed by atoms with Crippen LogP contribution in [-0.4, -0.2) is 52.1 Å². The normalized spacial score (nSPS) is 12.9. The molecule has 7 heteroatoms. The first kappa shape index (κ1) is 29.0. The zero-order valence-corrected chi connectivity index (χ0v) is 23.7. The SMILES string of the molecule is C[N+](C)(C)c1ccc(CC(=O)OCCCCCCCCOc2ccc(N3C(=O)c4ccccc4C3=O)cc2)cc1. The van der Waals surface area contributed by atoms with E-state index in [0.29, 0.717) is 42.2 Å². The lowest BCUT2D eigenvalue weighted by molar-refractivity contribution is -0.142. The monoisotopic (exact) mass is 543 g/mol. The van der Waals surface area contributed by atoms with Gasteiger partial charge in [0.1, 0.15) is 11.4 Å². The fourth-order valence-corrected chi connectivity index (χ4v) is 4.68. The van der Waals surface area contributed by atoms with Crippen LogP contribution in [0.2, 0.25) is 0 Å². The van der Waals surface area contributed by atoms with E-state index in [2.05, 4.69) is 33.3 Å². The quantitative estimate of drug-likeness (QED) is 0.105. The number of fused-ring (bicyclic) bond motifs is 1. The second-order valence-corrected chi connectivity index (χ2v) is 11.0. The number of quaternary nitrogens is 1. The number of imide groups is 1. The van der Waals surface area contributed by atoms with Gasteiger partial charge in [0.05, 0.1) is 57.6 Å². The topological polar surface area (TPSA) is 72.9 Å². The summed E-state index contributed by atoms with van der Waals surface area (Å²) < 4.78 is 12.0. The Morgan fingerprint density at radius 3 is 1.82 bits per heavy atom. The van der Waals surface area contributed by atoms with Crippen LogP contribution in [0.25, 0.3) is 0 Å². The molecular formula is C33H39N2O5+. The molecule has 1 heterocycles. The van der Waals surface area contributed by atoms with E-state index >= 15 is 0 Å². The van der Waals surface area contributed by atoms with Gasteiger partial charge in [0, 0.05) is 0 Å². The van der Waals surface area contributed by atoms with Gasteiger partial charge >= 0.3 is 5.97 Å². The fraction of sp³-hybridized carbons (Fsp3) is 0.364. The lowest BCUT2D eigenvalue weighted by Crippen LogP contribution is -2.34. The number of hydrogen-bond donors (Lipinski definition) is 0. The van der Waals surface area contributed by atoms with E-state index in [1.54, 1.807) is 48.5 Å². The Kier molecular flexibility index (Phi) is 9.72. The summed E-state index contributed by atoms with van der Waals surface area (Å²) in [6.07, 6.45) is 6.43. The highest BCUT2D eigenvalue weighted by atomic mass is 16.5. The number of carbonyl (C=O) groups excluding carboxylic acids is 3. The molecule has 0 saturated carbocycles. The summed E-state index contributed by atoms with van der Waals surface area (Å²) in [5.74, 6) is -0.0546. The summed E-state index contributed by atoms with van der Waals surface area (Å²) in [5, 5.41) is 0. The van der Waals surface area contributed by atoms with Crippen molar-refractivity contribution in [2.45, 2.75) is 44.9 Å². The molecule has 0 fully saturated rings. The summed E-state index contributed by atoms with van der Waals surface area (Å²) in [5.41, 5.74) is 3.58. The van der Waals surface area contributed by atoms with Crippen molar-refractivity contribution in [2.75, 3.05) is 39.3 Å². The summed E-state index contributed by atoms with van der Waals surface area (Å²) in [6.45, 7) is 1.08. The van der Waals surface area contributed by atoms with E-state index in [9.17, 15) is 14.4 Å². The number of carbonyl (C=O) groups is 3. The Morgan fingerprint density at radius 1 is 0.700 bits per heavy atom. The highest BCUT2D eigenvalue weighted by Gasteiger charge is 2.36. The van der Waals surface area contributed by atoms with Gasteiger partial charge in [-0.05, 0) is 66.9 Å². The Hall–Kier alpha value is -3.97. The van der Waals surface area contributed by atoms with E-state index in [0.717, 1.165) is 48.6 Å². The van der Waals surface area contributed by atoms with Crippen molar-refractivity contribution < 1.29 is 23.9 Å². The maximum Gasteiger partial charge on any atom is 0.310 e. The molecule has 0 unspecified atom stereocenters. The third-order valence-electron chi connectivity index (χ3n) is 7.02. The second kappa shape index (κ2) is 13.4. The maximum absolute atomic E-state index is 12.6. The van der Waals surface area contributed by atoms with Crippen molar-refractivity contribution in [1.29, 1.82) is 0 Å². The third-order valence-corrected chi connectivity index (χ3v) is 7.02. The van der Waals surface area contributed by atoms with E-state index < -0.39 is 0 Å². The number of anilines is 1. The molecule has 1 aliphatic heterocycles. The van der Waals surface area contributed by atoms with Crippen LogP contribution in [-0.2, 0) is 16.0 Å². The molecule has 0 aromatic heterocycles. The average Bonchev–Trinajstić information content (AvgIpc) is 3.19. The fourth-order valence-electron chi connectivity index (χ4n) is 4.68. The number of esters is 1. The summed E-state index contributed by atoms with van der Waals surface area (Å²) in [4.78, 5) is 38.6. The van der Waals surface area contributed by atoms with Crippen LogP contribution in [0.5, 0.6) is 5.75 Å². The van der Waals surface area contributed by atoms with Crippen LogP contribution in [0, 0.1) is 0 Å². The van der Waals surface area contributed by atoms with Gasteiger partial charge in [-0.15, -0.1) is 0 Å². The van der Waals surface area contributed by atoms with Crippen LogP contribution in [0.4, 0.5) is 11.4 Å². The van der Waals surface area contributed by atoms with Gasteiger partial charge < -0.3 is 9.47 Å². The van der Waals surface area contributed by atoms with E-state index in [-0.39, 0.29) is 17.8 Å². The van der Waals surface area contributed by atoms with Gasteiger partial charge in [-0.3, -0.25) is 18.9 Å². The molecule has 3 aromatic carbocycles. The Bertz CT molecular complexity index is 1270. The summed E-state index contributed by atoms with van der Waals surface area (Å²) in [6, 6.07) is 22.1. The molecule has 1 aliphatic rings. The largest absolute Gasteiger partial charge is 0.494 e. The summed E-state index contributed by atoms with van der Waals surface area (Å²) >= 11 is 0. The van der Waals surface area contributed by atoms with Gasteiger partial charge in [0.25, 0.3) is 11.8 Å². The van der Waals surface area contributed by atoms with Crippen molar-refractivity contribution in [3.63, 3.8) is 0 Å². The van der Waals surface area contributed by atoms with Crippen LogP contribution in [0.1, 0.15) is 64.8 Å². The molecule has 0 spiro atoms. The van der Waals surface area contributed by atoms with Crippen molar-refractivity contribution >= 4 is 29.2 Å². The van der Waals surface area contributed by atoms with Crippen molar-refractivity contribution in [1.82, 2.24) is 4.48 Å². The first-order valence-electron chi connectivity index (χ1n) is 14.0. The third kappa shape index (κ3) is 7.57. The first-order chi connectivity index (χ1) is 19.2. The van der Waals surface area contributed by atoms with Gasteiger partial charge in [-0.25, -0.2) is 4.90 Å². The zero-order chi connectivity index (χ0) is 28.5. The molecule has 0 N–H and O–H groups in total. The molecule has 0 atom stereocenters. The standard InChI is InChI=1S/C33H39N2O5/c1-35(2,3)27-18-14-25(15-19-27)24-31(36)40-23-11-7-5-4-6-10-22-39-28-20-16-26(17-21-28)34-32(37)29-12-8-9-13-30(29)33(34)38/h8-9,12-21H,4-7,10-11,22-24H2,1-3H3/q+1. The smallest absolute Gasteiger partial charge is 0.310 e. The minimum atomic E-state index is -0.297. The predicted octanol–water partition coefficient (Wildman–Crippen LogP) is 6.19. The lowest BCUT2D eigenvalue weighted by Gasteiger charge is -2.23. The van der Waals surface area contributed by atoms with E-state index in [1.807, 2.05) is 12.1 Å². The molecule has 40 heavy (non-hydrogen) atoms. The Labute approximate surface area is 236 Å². The van der Waals surface area contributed by atoms with Gasteiger partial charge in [-0.1, -0.05) is 49.9 Å². The minimum absolute atomic E-state index is 0.174. The van der Waals surface area contributed by atoms with Crippen molar-refractivity contribution in [3.8, 4) is 5.75 Å². The van der Waals surface area contributed by atoms with Crippen LogP contribution >= 0.6 is 0 Å². The van der Waals surface area contributed by atoms with Crippen LogP contribution < -0.4 is 14.1 Å². The maximum atomic E-state index is 12.6. The molecule has 0 radical (unpaired) electrons. The minimum Gasteiger partial charge on any atom is -0.494 e. The van der Waals surface area contributed by atoms with Gasteiger partial charge in [0.15, 0.2) is 0 Å². The van der Waals surface area contributed by atoms with E-state index in [1.165, 1.54) is 10.6 Å². The van der Waals surface area contributed by atoms with Crippen LogP contribution in [0.15, 0.2) is 72.8 Å². The molecule has 4 rings (SSSR count). The molecule has 0 bridgehead atoms. The highest BCUT2D eigenvalue weighted by Crippen LogP contribution is 2.29. The number of amides is 2. The number of hydrogen-bond acceptors (Lipinski definition) is 5. The van der Waals surface area contributed by atoms with Gasteiger partial charge in [-0.2, -0.15) is 0 Å². The van der Waals surface area contributed by atoms with Gasteiger partial charge in [0.2, 0.25) is 0 Å². The number of ether oxygens (including phenoxy) is 2. The highest BCUT2D eigenvalue weighted by molar-refractivity contribution is 6.34. The molecule has 7 nitrogen and oxygen atoms in total. The Balaban J connectivity index is 1.04. The molecule has 3 aromatic rings. The van der Waals surface area contributed by atoms with E-state index in [4.69, 9.17) is 9.47 Å². The van der Waals surface area contributed by atoms with Crippen molar-refractivity contribution in [2.24, 2.45) is 0 Å². The zero-order valence-electron chi connectivity index (χ0n) is 23.7. The average molecular weight is 544 g/mol. The molecule has 210 valence electrons. The Morgan fingerprint density at radius 2 is 1.25 bits per heavy atom. The number of benzene rings is 3. The second-order valence-electron chi connectivity index (χ2n) is 11.0. The first-order valence-corrected chi connectivity index (χ1v) is 14.0. The number of unbranched alkanes of at least 4 members (excludes halogenated alkanes) is 5. The predicted molar refractivity (Wildman–Crippen MR) is 158 cm³/mol. The van der Waals surface area contributed by atoms with Crippen molar-refractivity contribution in [3.05, 3.63) is 89.5 Å². The molecule has 2 amide bonds. The lowest BCUT2D eigenvalue weighted by atomic mass is 10.1.